The fraction of sp³-hybridized carbons (Fsp3) is 0.294. The zero-order valence-corrected chi connectivity index (χ0v) is 12.2. The van der Waals surface area contributed by atoms with Gasteiger partial charge >= 0.3 is 0 Å². The van der Waals surface area contributed by atoms with E-state index in [0.29, 0.717) is 6.04 Å². The number of hydrogen-bond acceptors (Lipinski definition) is 2. The molecular weight excluding hydrogens is 276 g/mol. The molecule has 1 aliphatic carbocycles. The Morgan fingerprint density at radius 1 is 1.27 bits per heavy atom. The zero-order chi connectivity index (χ0) is 14.9. The van der Waals surface area contributed by atoms with Gasteiger partial charge in [0.25, 0.3) is 5.91 Å². The van der Waals surface area contributed by atoms with Gasteiger partial charge in [-0.2, -0.15) is 5.10 Å². The minimum atomic E-state index is 0.0152. The number of rotatable bonds is 3. The second-order valence-electron chi connectivity index (χ2n) is 5.82. The van der Waals surface area contributed by atoms with Crippen molar-refractivity contribution in [3.8, 4) is 11.4 Å². The Morgan fingerprint density at radius 2 is 2.14 bits per heavy atom. The lowest BCUT2D eigenvalue weighted by Gasteiger charge is -2.11. The number of amides is 1. The molecule has 5 nitrogen and oxygen atoms in total. The number of hydrogen-bond donors (Lipinski definition) is 2. The van der Waals surface area contributed by atoms with Crippen LogP contribution >= 0.6 is 0 Å². The molecule has 0 unspecified atom stereocenters. The summed E-state index contributed by atoms with van der Waals surface area (Å²) in [7, 11) is 0. The molecule has 1 fully saturated rings. The third kappa shape index (κ3) is 2.19. The van der Waals surface area contributed by atoms with E-state index in [-0.39, 0.29) is 5.91 Å². The van der Waals surface area contributed by atoms with Gasteiger partial charge in [0.05, 0.1) is 22.5 Å². The standard InChI is InChI=1S/C17H18N4O/c22-17(19-12-5-1-2-6-12)13-11-16(14-8-9-18-20-14)21-10-4-3-7-15(13)21/h3-4,7-12H,1-2,5-6H2,(H,18,20)(H,19,22). The van der Waals surface area contributed by atoms with E-state index in [4.69, 9.17) is 0 Å². The second-order valence-corrected chi connectivity index (χ2v) is 5.82. The lowest BCUT2D eigenvalue weighted by molar-refractivity contribution is 0.0939. The van der Waals surface area contributed by atoms with Crippen molar-refractivity contribution < 1.29 is 4.79 Å². The predicted molar refractivity (Wildman–Crippen MR) is 84.7 cm³/mol. The number of carbonyl (C=O) groups excluding carboxylic acids is 1. The molecule has 3 aromatic rings. The molecule has 1 aliphatic rings. The first-order chi connectivity index (χ1) is 10.8. The van der Waals surface area contributed by atoms with Crippen molar-refractivity contribution in [2.45, 2.75) is 31.7 Å². The van der Waals surface area contributed by atoms with Crippen molar-refractivity contribution in [2.75, 3.05) is 0 Å². The summed E-state index contributed by atoms with van der Waals surface area (Å²) in [6, 6.07) is 10.1. The van der Waals surface area contributed by atoms with E-state index in [1.165, 1.54) is 12.8 Å². The van der Waals surface area contributed by atoms with Crippen molar-refractivity contribution >= 4 is 11.4 Å². The molecule has 4 rings (SSSR count). The molecule has 3 heterocycles. The van der Waals surface area contributed by atoms with Gasteiger partial charge in [-0.05, 0) is 37.1 Å². The largest absolute Gasteiger partial charge is 0.349 e. The number of nitrogens with one attached hydrogen (secondary N) is 2. The number of carbonyl (C=O) groups is 1. The van der Waals surface area contributed by atoms with Crippen molar-refractivity contribution in [2.24, 2.45) is 0 Å². The van der Waals surface area contributed by atoms with Crippen LogP contribution in [0.4, 0.5) is 0 Å². The van der Waals surface area contributed by atoms with Crippen LogP contribution in [0.5, 0.6) is 0 Å². The maximum atomic E-state index is 12.6. The van der Waals surface area contributed by atoms with Gasteiger partial charge in [0.15, 0.2) is 0 Å². The van der Waals surface area contributed by atoms with Crippen LogP contribution in [0.1, 0.15) is 36.0 Å². The lowest BCUT2D eigenvalue weighted by Crippen LogP contribution is -2.32. The van der Waals surface area contributed by atoms with Crippen LogP contribution in [0.3, 0.4) is 0 Å². The molecule has 0 spiro atoms. The number of nitrogens with zero attached hydrogens (tertiary/aromatic N) is 2. The van der Waals surface area contributed by atoms with Crippen molar-refractivity contribution in [3.63, 3.8) is 0 Å². The van der Waals surface area contributed by atoms with Crippen LogP contribution in [0, 0.1) is 0 Å². The summed E-state index contributed by atoms with van der Waals surface area (Å²) in [6.45, 7) is 0. The van der Waals surface area contributed by atoms with Crippen LogP contribution in [0.15, 0.2) is 42.7 Å². The minimum Gasteiger partial charge on any atom is -0.349 e. The van der Waals surface area contributed by atoms with E-state index in [9.17, 15) is 4.79 Å². The van der Waals surface area contributed by atoms with E-state index < -0.39 is 0 Å². The third-order valence-corrected chi connectivity index (χ3v) is 4.39. The Bertz CT molecular complexity index is 797. The molecule has 3 aromatic heterocycles. The van der Waals surface area contributed by atoms with Crippen molar-refractivity contribution in [1.82, 2.24) is 19.9 Å². The third-order valence-electron chi connectivity index (χ3n) is 4.39. The molecule has 0 atom stereocenters. The van der Waals surface area contributed by atoms with Crippen molar-refractivity contribution in [3.05, 3.63) is 48.3 Å². The van der Waals surface area contributed by atoms with Crippen LogP contribution < -0.4 is 5.32 Å². The molecule has 0 bridgehead atoms. The predicted octanol–water partition coefficient (Wildman–Crippen LogP) is 3.00. The van der Waals surface area contributed by atoms with E-state index in [1.807, 2.05) is 40.9 Å². The number of aromatic amines is 1. The molecule has 0 saturated heterocycles. The van der Waals surface area contributed by atoms with Gasteiger partial charge in [-0.15, -0.1) is 0 Å². The molecule has 1 saturated carbocycles. The Labute approximate surface area is 128 Å². The highest BCUT2D eigenvalue weighted by Gasteiger charge is 2.21. The normalized spacial score (nSPS) is 15.5. The van der Waals surface area contributed by atoms with Crippen LogP contribution in [-0.4, -0.2) is 26.5 Å². The summed E-state index contributed by atoms with van der Waals surface area (Å²) in [5.74, 6) is 0.0152. The van der Waals surface area contributed by atoms with E-state index in [1.54, 1.807) is 6.20 Å². The maximum absolute atomic E-state index is 12.6. The average Bonchev–Trinajstić information content (AvgIpc) is 3.27. The Hall–Kier alpha value is -2.56. The summed E-state index contributed by atoms with van der Waals surface area (Å²) in [5, 5.41) is 10.1. The quantitative estimate of drug-likeness (QED) is 0.780. The van der Waals surface area contributed by atoms with Gasteiger partial charge < -0.3 is 9.72 Å². The lowest BCUT2D eigenvalue weighted by atomic mass is 10.2. The summed E-state index contributed by atoms with van der Waals surface area (Å²) in [5.41, 5.74) is 3.49. The molecule has 1 amide bonds. The van der Waals surface area contributed by atoms with Gasteiger partial charge in [-0.3, -0.25) is 9.89 Å². The van der Waals surface area contributed by atoms with E-state index in [2.05, 4.69) is 15.5 Å². The van der Waals surface area contributed by atoms with Gasteiger partial charge in [-0.25, -0.2) is 0 Å². The summed E-state index contributed by atoms with van der Waals surface area (Å²) in [6.07, 6.45) is 8.28. The number of fused-ring (bicyclic) bond motifs is 1. The minimum absolute atomic E-state index is 0.0152. The topological polar surface area (TPSA) is 62.2 Å². The smallest absolute Gasteiger partial charge is 0.253 e. The maximum Gasteiger partial charge on any atom is 0.253 e. The first-order valence-electron chi connectivity index (χ1n) is 7.73. The highest BCUT2D eigenvalue weighted by Crippen LogP contribution is 2.25. The van der Waals surface area contributed by atoms with Gasteiger partial charge in [0.2, 0.25) is 0 Å². The molecule has 0 aliphatic heterocycles. The average molecular weight is 294 g/mol. The Morgan fingerprint density at radius 3 is 2.91 bits per heavy atom. The molecule has 112 valence electrons. The van der Waals surface area contributed by atoms with Crippen LogP contribution in [-0.2, 0) is 0 Å². The van der Waals surface area contributed by atoms with Gasteiger partial charge in [0, 0.05) is 18.4 Å². The van der Waals surface area contributed by atoms with E-state index in [0.717, 1.165) is 35.3 Å². The SMILES string of the molecule is O=C(NC1CCCC1)c1cc(-c2ccn[nH]2)n2ccccc12. The Kier molecular flexibility index (Phi) is 3.18. The first kappa shape index (κ1) is 13.1. The highest BCUT2D eigenvalue weighted by molar-refractivity contribution is 6.02. The van der Waals surface area contributed by atoms with Gasteiger partial charge in [0.1, 0.15) is 0 Å². The highest BCUT2D eigenvalue weighted by atomic mass is 16.1. The van der Waals surface area contributed by atoms with Gasteiger partial charge in [-0.1, -0.05) is 18.9 Å². The molecule has 22 heavy (non-hydrogen) atoms. The fourth-order valence-electron chi connectivity index (χ4n) is 3.27. The Balaban J connectivity index is 1.76. The second kappa shape index (κ2) is 5.33. The monoisotopic (exact) mass is 294 g/mol. The number of pyridine rings is 1. The van der Waals surface area contributed by atoms with Crippen LogP contribution in [0.2, 0.25) is 0 Å². The molecule has 0 aromatic carbocycles. The van der Waals surface area contributed by atoms with Crippen LogP contribution in [0.25, 0.3) is 16.9 Å². The molecular formula is C17H18N4O. The summed E-state index contributed by atoms with van der Waals surface area (Å²) >= 11 is 0. The molecule has 5 heteroatoms. The zero-order valence-electron chi connectivity index (χ0n) is 12.2. The number of aromatic nitrogens is 3. The number of H-pyrrole nitrogens is 1. The van der Waals surface area contributed by atoms with Crippen molar-refractivity contribution in [1.29, 1.82) is 0 Å². The molecule has 0 radical (unpaired) electrons. The fourth-order valence-corrected chi connectivity index (χ4v) is 3.27. The van der Waals surface area contributed by atoms with E-state index >= 15 is 0 Å². The summed E-state index contributed by atoms with van der Waals surface area (Å²) < 4.78 is 2.02. The molecule has 2 N–H and O–H groups in total. The summed E-state index contributed by atoms with van der Waals surface area (Å²) in [4.78, 5) is 12.6. The first-order valence-corrected chi connectivity index (χ1v) is 7.73.